The molecular formula is C19H24N6O2S. The molecule has 0 radical (unpaired) electrons. The number of hydrogen-bond donors (Lipinski definition) is 1. The Morgan fingerprint density at radius 3 is 2.89 bits per heavy atom. The summed E-state index contributed by atoms with van der Waals surface area (Å²) in [4.78, 5) is 12.5. The van der Waals surface area contributed by atoms with E-state index in [9.17, 15) is 4.79 Å². The molecule has 0 atom stereocenters. The molecule has 9 heteroatoms. The highest BCUT2D eigenvalue weighted by Crippen LogP contribution is 2.30. The Balaban J connectivity index is 1.39. The molecule has 28 heavy (non-hydrogen) atoms. The van der Waals surface area contributed by atoms with E-state index in [0.29, 0.717) is 29.3 Å². The summed E-state index contributed by atoms with van der Waals surface area (Å²) in [7, 11) is 0. The van der Waals surface area contributed by atoms with Crippen LogP contribution in [0.2, 0.25) is 0 Å². The van der Waals surface area contributed by atoms with Gasteiger partial charge in [0, 0.05) is 12.6 Å². The molecule has 1 aliphatic carbocycles. The highest BCUT2D eigenvalue weighted by Gasteiger charge is 2.20. The SMILES string of the molecule is CCn1c(SCC(=O)Nc2ccnn2C2CCCCC2)nnc1-c1ccco1. The molecule has 0 aliphatic heterocycles. The summed E-state index contributed by atoms with van der Waals surface area (Å²) in [5.74, 6) is 2.29. The lowest BCUT2D eigenvalue weighted by atomic mass is 9.96. The summed E-state index contributed by atoms with van der Waals surface area (Å²) < 4.78 is 9.33. The maximum atomic E-state index is 12.5. The van der Waals surface area contributed by atoms with E-state index in [0.717, 1.165) is 18.7 Å². The van der Waals surface area contributed by atoms with Crippen molar-refractivity contribution in [2.45, 2.75) is 56.8 Å². The lowest BCUT2D eigenvalue weighted by molar-refractivity contribution is -0.113. The summed E-state index contributed by atoms with van der Waals surface area (Å²) >= 11 is 1.37. The smallest absolute Gasteiger partial charge is 0.235 e. The third kappa shape index (κ3) is 3.99. The van der Waals surface area contributed by atoms with E-state index in [1.165, 1.54) is 31.0 Å². The first kappa shape index (κ1) is 18.8. The molecule has 0 unspecified atom stereocenters. The Bertz CT molecular complexity index is 911. The van der Waals surface area contributed by atoms with E-state index in [4.69, 9.17) is 4.42 Å². The van der Waals surface area contributed by atoms with Gasteiger partial charge < -0.3 is 9.73 Å². The van der Waals surface area contributed by atoms with Crippen LogP contribution in [0.5, 0.6) is 0 Å². The predicted octanol–water partition coefficient (Wildman–Crippen LogP) is 3.99. The Morgan fingerprint density at radius 1 is 1.29 bits per heavy atom. The average Bonchev–Trinajstić information content (AvgIpc) is 3.47. The van der Waals surface area contributed by atoms with Crippen molar-refractivity contribution in [3.8, 4) is 11.6 Å². The topological polar surface area (TPSA) is 90.8 Å². The van der Waals surface area contributed by atoms with Crippen LogP contribution in [0.25, 0.3) is 11.6 Å². The Morgan fingerprint density at radius 2 is 2.14 bits per heavy atom. The highest BCUT2D eigenvalue weighted by atomic mass is 32.2. The molecule has 148 valence electrons. The second kappa shape index (κ2) is 8.64. The number of carbonyl (C=O) groups is 1. The Hall–Kier alpha value is -2.55. The predicted molar refractivity (Wildman–Crippen MR) is 107 cm³/mol. The van der Waals surface area contributed by atoms with Gasteiger partial charge in [-0.2, -0.15) is 5.10 Å². The van der Waals surface area contributed by atoms with Crippen molar-refractivity contribution in [1.29, 1.82) is 0 Å². The van der Waals surface area contributed by atoms with Gasteiger partial charge in [0.15, 0.2) is 16.7 Å². The minimum Gasteiger partial charge on any atom is -0.461 e. The molecule has 0 bridgehead atoms. The zero-order valence-electron chi connectivity index (χ0n) is 15.9. The molecule has 1 N–H and O–H groups in total. The number of amides is 1. The minimum atomic E-state index is -0.0761. The molecule has 1 amide bonds. The molecule has 3 heterocycles. The van der Waals surface area contributed by atoms with Crippen molar-refractivity contribution < 1.29 is 9.21 Å². The first-order valence-electron chi connectivity index (χ1n) is 9.69. The number of nitrogens with one attached hydrogen (secondary N) is 1. The molecule has 3 aromatic rings. The van der Waals surface area contributed by atoms with Crippen molar-refractivity contribution in [3.05, 3.63) is 30.7 Å². The van der Waals surface area contributed by atoms with Gasteiger partial charge in [0.05, 0.1) is 24.3 Å². The van der Waals surface area contributed by atoms with Crippen LogP contribution in [-0.4, -0.2) is 36.2 Å². The van der Waals surface area contributed by atoms with Crippen LogP contribution in [0.1, 0.15) is 45.1 Å². The van der Waals surface area contributed by atoms with Crippen molar-refractivity contribution >= 4 is 23.5 Å². The van der Waals surface area contributed by atoms with Gasteiger partial charge in [-0.25, -0.2) is 4.68 Å². The van der Waals surface area contributed by atoms with E-state index < -0.39 is 0 Å². The molecule has 0 spiro atoms. The maximum absolute atomic E-state index is 12.5. The molecule has 1 saturated carbocycles. The number of aromatic nitrogens is 5. The van der Waals surface area contributed by atoms with Crippen LogP contribution in [-0.2, 0) is 11.3 Å². The molecule has 4 rings (SSSR count). The Kier molecular flexibility index (Phi) is 5.80. The maximum Gasteiger partial charge on any atom is 0.235 e. The largest absolute Gasteiger partial charge is 0.461 e. The monoisotopic (exact) mass is 400 g/mol. The molecule has 8 nitrogen and oxygen atoms in total. The normalized spacial score (nSPS) is 15.0. The van der Waals surface area contributed by atoms with Gasteiger partial charge in [-0.15, -0.1) is 10.2 Å². The lowest BCUT2D eigenvalue weighted by Gasteiger charge is -2.23. The zero-order valence-corrected chi connectivity index (χ0v) is 16.7. The van der Waals surface area contributed by atoms with Gasteiger partial charge >= 0.3 is 0 Å². The number of thioether (sulfide) groups is 1. The fourth-order valence-corrected chi connectivity index (χ4v) is 4.41. The molecule has 0 aromatic carbocycles. The second-order valence-corrected chi connectivity index (χ2v) is 7.76. The fraction of sp³-hybridized carbons (Fsp3) is 0.474. The molecule has 1 fully saturated rings. The zero-order chi connectivity index (χ0) is 19.3. The van der Waals surface area contributed by atoms with Gasteiger partial charge in [0.1, 0.15) is 5.82 Å². The number of rotatable bonds is 7. The van der Waals surface area contributed by atoms with Crippen LogP contribution in [0, 0.1) is 0 Å². The minimum absolute atomic E-state index is 0.0761. The molecule has 3 aromatic heterocycles. The standard InChI is InChI=1S/C19H24N6O2S/c1-2-24-18(15-9-6-12-27-15)22-23-19(24)28-13-17(26)21-16-10-11-20-25(16)14-7-4-3-5-8-14/h6,9-12,14H,2-5,7-8,13H2,1H3,(H,21,26). The van der Waals surface area contributed by atoms with Crippen molar-refractivity contribution in [2.75, 3.05) is 11.1 Å². The summed E-state index contributed by atoms with van der Waals surface area (Å²) in [5.41, 5.74) is 0. The van der Waals surface area contributed by atoms with Crippen molar-refractivity contribution in [2.24, 2.45) is 0 Å². The van der Waals surface area contributed by atoms with Crippen LogP contribution in [0.15, 0.2) is 40.2 Å². The number of anilines is 1. The van der Waals surface area contributed by atoms with Gasteiger partial charge in [-0.3, -0.25) is 9.36 Å². The molecule has 1 aliphatic rings. The molecule has 0 saturated heterocycles. The summed E-state index contributed by atoms with van der Waals surface area (Å²) in [5, 5.41) is 16.6. The van der Waals surface area contributed by atoms with E-state index in [-0.39, 0.29) is 11.7 Å². The average molecular weight is 401 g/mol. The van der Waals surface area contributed by atoms with Crippen LogP contribution >= 0.6 is 11.8 Å². The quantitative estimate of drug-likeness (QED) is 0.603. The van der Waals surface area contributed by atoms with Gasteiger partial charge in [0.25, 0.3) is 0 Å². The van der Waals surface area contributed by atoms with Crippen molar-refractivity contribution in [3.63, 3.8) is 0 Å². The lowest BCUT2D eigenvalue weighted by Crippen LogP contribution is -2.21. The first-order valence-corrected chi connectivity index (χ1v) is 10.7. The van der Waals surface area contributed by atoms with Gasteiger partial charge in [0.2, 0.25) is 5.91 Å². The summed E-state index contributed by atoms with van der Waals surface area (Å²) in [6.45, 7) is 2.71. The van der Waals surface area contributed by atoms with E-state index in [1.54, 1.807) is 12.5 Å². The van der Waals surface area contributed by atoms with E-state index >= 15 is 0 Å². The van der Waals surface area contributed by atoms with E-state index in [2.05, 4.69) is 20.6 Å². The first-order chi connectivity index (χ1) is 13.8. The molecular weight excluding hydrogens is 376 g/mol. The number of carbonyl (C=O) groups excluding carboxylic acids is 1. The summed E-state index contributed by atoms with van der Waals surface area (Å²) in [6, 6.07) is 5.91. The number of furan rings is 1. The Labute approximate surface area is 167 Å². The number of nitrogens with zero attached hydrogens (tertiary/aromatic N) is 5. The second-order valence-electron chi connectivity index (χ2n) is 6.82. The van der Waals surface area contributed by atoms with E-state index in [1.807, 2.05) is 34.4 Å². The van der Waals surface area contributed by atoms with Crippen molar-refractivity contribution in [1.82, 2.24) is 24.5 Å². The highest BCUT2D eigenvalue weighted by molar-refractivity contribution is 7.99. The van der Waals surface area contributed by atoms with Crippen LogP contribution in [0.3, 0.4) is 0 Å². The van der Waals surface area contributed by atoms with Gasteiger partial charge in [-0.1, -0.05) is 31.0 Å². The third-order valence-electron chi connectivity index (χ3n) is 4.97. The van der Waals surface area contributed by atoms with Crippen LogP contribution in [0.4, 0.5) is 5.82 Å². The van der Waals surface area contributed by atoms with Crippen LogP contribution < -0.4 is 5.32 Å². The van der Waals surface area contributed by atoms with Gasteiger partial charge in [-0.05, 0) is 31.9 Å². The fourth-order valence-electron chi connectivity index (χ4n) is 3.61. The third-order valence-corrected chi connectivity index (χ3v) is 5.93. The summed E-state index contributed by atoms with van der Waals surface area (Å²) in [6.07, 6.45) is 9.33. The number of hydrogen-bond acceptors (Lipinski definition) is 6.